The highest BCUT2D eigenvalue weighted by molar-refractivity contribution is 7.21. The Balaban J connectivity index is 1.70. The van der Waals surface area contributed by atoms with E-state index >= 15 is 0 Å². The van der Waals surface area contributed by atoms with Crippen molar-refractivity contribution >= 4 is 49.7 Å². The highest BCUT2D eigenvalue weighted by Gasteiger charge is 2.10. The maximum atomic E-state index is 11.3. The fourth-order valence-corrected chi connectivity index (χ4v) is 3.51. The maximum absolute atomic E-state index is 11.3. The monoisotopic (exact) mass is 413 g/mol. The second kappa shape index (κ2) is 9.20. The number of hydrogen-bond donors (Lipinski definition) is 0. The molecule has 0 aliphatic heterocycles. The number of anilines is 1. The van der Waals surface area contributed by atoms with Crippen molar-refractivity contribution in [1.29, 1.82) is 0 Å². The molecule has 0 unspecified atom stereocenters. The lowest BCUT2D eigenvalue weighted by molar-refractivity contribution is -0.384. The zero-order chi connectivity index (χ0) is 20.8. The average Bonchev–Trinajstić information content (AvgIpc) is 3.15. The Morgan fingerprint density at radius 3 is 2.66 bits per heavy atom. The third-order valence-corrected chi connectivity index (χ3v) is 5.14. The van der Waals surface area contributed by atoms with E-state index in [-0.39, 0.29) is 11.7 Å². The van der Waals surface area contributed by atoms with Crippen LogP contribution < -0.4 is 4.90 Å². The number of hydrogen-bond acceptors (Lipinski definition) is 9. The van der Waals surface area contributed by atoms with Crippen LogP contribution in [-0.2, 0) is 9.53 Å². The Hall–Kier alpha value is -3.40. The molecule has 0 aliphatic rings. The number of fused-ring (bicyclic) bond motifs is 1. The third-order valence-electron chi connectivity index (χ3n) is 4.23. The van der Waals surface area contributed by atoms with Crippen LogP contribution in [0.25, 0.3) is 10.2 Å². The molecule has 1 aromatic heterocycles. The molecule has 0 fully saturated rings. The van der Waals surface area contributed by atoms with Crippen molar-refractivity contribution in [2.24, 2.45) is 10.2 Å². The highest BCUT2D eigenvalue weighted by atomic mass is 32.1. The van der Waals surface area contributed by atoms with Gasteiger partial charge in [-0.3, -0.25) is 14.9 Å². The minimum absolute atomic E-state index is 0.0212. The first-order valence-electron chi connectivity index (χ1n) is 8.88. The summed E-state index contributed by atoms with van der Waals surface area (Å²) in [7, 11) is 1.38. The molecule has 3 rings (SSSR count). The fourth-order valence-electron chi connectivity index (χ4n) is 2.69. The molecule has 0 aliphatic carbocycles. The van der Waals surface area contributed by atoms with Gasteiger partial charge in [0.05, 0.1) is 34.4 Å². The molecule has 0 saturated carbocycles. The summed E-state index contributed by atoms with van der Waals surface area (Å²) in [4.78, 5) is 28.2. The number of rotatable bonds is 8. The zero-order valence-electron chi connectivity index (χ0n) is 15.9. The van der Waals surface area contributed by atoms with Gasteiger partial charge in [0.15, 0.2) is 0 Å². The quantitative estimate of drug-likeness (QED) is 0.222. The number of azo groups is 1. The van der Waals surface area contributed by atoms with E-state index in [1.165, 1.54) is 30.6 Å². The second-order valence-corrected chi connectivity index (χ2v) is 7.04. The van der Waals surface area contributed by atoms with Crippen molar-refractivity contribution < 1.29 is 14.5 Å². The van der Waals surface area contributed by atoms with Gasteiger partial charge in [-0.25, -0.2) is 4.98 Å². The smallest absolute Gasteiger partial charge is 0.307 e. The van der Waals surface area contributed by atoms with Gasteiger partial charge in [-0.1, -0.05) is 11.3 Å². The van der Waals surface area contributed by atoms with Gasteiger partial charge in [0.1, 0.15) is 0 Å². The van der Waals surface area contributed by atoms with Crippen molar-refractivity contribution in [3.8, 4) is 0 Å². The number of thiazole rings is 1. The normalized spacial score (nSPS) is 11.1. The van der Waals surface area contributed by atoms with Crippen LogP contribution in [0, 0.1) is 10.1 Å². The van der Waals surface area contributed by atoms with E-state index in [2.05, 4.69) is 24.8 Å². The molecule has 2 aromatic carbocycles. The van der Waals surface area contributed by atoms with Gasteiger partial charge in [-0.15, -0.1) is 10.2 Å². The first-order chi connectivity index (χ1) is 14.0. The molecule has 0 N–H and O–H groups in total. The second-order valence-electron chi connectivity index (χ2n) is 6.03. The molecule has 0 radical (unpaired) electrons. The molecule has 1 heterocycles. The highest BCUT2D eigenvalue weighted by Crippen LogP contribution is 2.32. The standard InChI is InChI=1S/C19H19N5O4S/c1-3-23(11-10-18(25)28-2)14-6-4-13(5-7-14)21-22-19-20-16-9-8-15(24(26)27)12-17(16)29-19/h4-9,12H,3,10-11H2,1-2H3. The maximum Gasteiger partial charge on any atom is 0.307 e. The van der Waals surface area contributed by atoms with Gasteiger partial charge in [0, 0.05) is 30.9 Å². The minimum Gasteiger partial charge on any atom is -0.469 e. The molecule has 0 spiro atoms. The molecular weight excluding hydrogens is 394 g/mol. The van der Waals surface area contributed by atoms with E-state index in [1.807, 2.05) is 31.2 Å². The van der Waals surface area contributed by atoms with Crippen LogP contribution in [0.5, 0.6) is 0 Å². The summed E-state index contributed by atoms with van der Waals surface area (Å²) in [6, 6.07) is 12.0. The summed E-state index contributed by atoms with van der Waals surface area (Å²) >= 11 is 1.24. The Kier molecular flexibility index (Phi) is 6.45. The number of ether oxygens (including phenoxy) is 1. The molecule has 150 valence electrons. The van der Waals surface area contributed by atoms with Crippen LogP contribution in [0.1, 0.15) is 13.3 Å². The van der Waals surface area contributed by atoms with Gasteiger partial charge in [-0.05, 0) is 37.3 Å². The Bertz CT molecular complexity index is 1050. The van der Waals surface area contributed by atoms with E-state index in [0.29, 0.717) is 34.0 Å². The predicted molar refractivity (Wildman–Crippen MR) is 111 cm³/mol. The summed E-state index contributed by atoms with van der Waals surface area (Å²) in [5.41, 5.74) is 2.30. The molecule has 29 heavy (non-hydrogen) atoms. The average molecular weight is 413 g/mol. The van der Waals surface area contributed by atoms with E-state index < -0.39 is 4.92 Å². The molecule has 3 aromatic rings. The molecular formula is C19H19N5O4S. The molecule has 0 saturated heterocycles. The summed E-state index contributed by atoms with van der Waals surface area (Å²) in [5.74, 6) is -0.241. The molecule has 0 bridgehead atoms. The van der Waals surface area contributed by atoms with E-state index in [1.54, 1.807) is 6.07 Å². The number of benzene rings is 2. The largest absolute Gasteiger partial charge is 0.469 e. The fraction of sp³-hybridized carbons (Fsp3) is 0.263. The topological polar surface area (TPSA) is 110 Å². The summed E-state index contributed by atoms with van der Waals surface area (Å²) < 4.78 is 5.37. The molecule has 9 nitrogen and oxygen atoms in total. The van der Waals surface area contributed by atoms with Crippen molar-refractivity contribution in [2.45, 2.75) is 13.3 Å². The molecule has 0 amide bonds. The third kappa shape index (κ3) is 5.11. The van der Waals surface area contributed by atoms with Crippen LogP contribution in [0.2, 0.25) is 0 Å². The first-order valence-corrected chi connectivity index (χ1v) is 9.70. The van der Waals surface area contributed by atoms with Crippen molar-refractivity contribution in [3.05, 3.63) is 52.6 Å². The number of nitro groups is 1. The van der Waals surface area contributed by atoms with E-state index in [4.69, 9.17) is 0 Å². The van der Waals surface area contributed by atoms with Crippen molar-refractivity contribution in [1.82, 2.24) is 4.98 Å². The van der Waals surface area contributed by atoms with E-state index in [9.17, 15) is 14.9 Å². The molecule has 10 heteroatoms. The number of esters is 1. The van der Waals surface area contributed by atoms with Crippen LogP contribution in [0.4, 0.5) is 22.2 Å². The van der Waals surface area contributed by atoms with Crippen LogP contribution in [-0.4, -0.2) is 36.1 Å². The van der Waals surface area contributed by atoms with E-state index in [0.717, 1.165) is 12.2 Å². The van der Waals surface area contributed by atoms with Gasteiger partial charge in [-0.2, -0.15) is 0 Å². The van der Waals surface area contributed by atoms with Crippen molar-refractivity contribution in [3.63, 3.8) is 0 Å². The minimum atomic E-state index is -0.438. The molecule has 0 atom stereocenters. The lowest BCUT2D eigenvalue weighted by atomic mass is 10.2. The number of methoxy groups -OCH3 is 1. The summed E-state index contributed by atoms with van der Waals surface area (Å²) in [6.07, 6.45) is 0.321. The number of nitrogens with zero attached hydrogens (tertiary/aromatic N) is 5. The summed E-state index contributed by atoms with van der Waals surface area (Å²) in [6.45, 7) is 3.35. The van der Waals surface area contributed by atoms with Crippen LogP contribution >= 0.6 is 11.3 Å². The number of aromatic nitrogens is 1. The predicted octanol–water partition coefficient (Wildman–Crippen LogP) is 5.01. The summed E-state index contributed by atoms with van der Waals surface area (Å²) in [5, 5.41) is 19.6. The van der Waals surface area contributed by atoms with Gasteiger partial charge < -0.3 is 9.64 Å². The van der Waals surface area contributed by atoms with Crippen molar-refractivity contribution in [2.75, 3.05) is 25.1 Å². The number of carbonyl (C=O) groups excluding carboxylic acids is 1. The van der Waals surface area contributed by atoms with Crippen LogP contribution in [0.15, 0.2) is 52.7 Å². The Morgan fingerprint density at radius 1 is 1.24 bits per heavy atom. The van der Waals surface area contributed by atoms with Gasteiger partial charge in [0.2, 0.25) is 5.13 Å². The lowest BCUT2D eigenvalue weighted by Crippen LogP contribution is -2.25. The van der Waals surface area contributed by atoms with Crippen LogP contribution in [0.3, 0.4) is 0 Å². The number of carbonyl (C=O) groups is 1. The van der Waals surface area contributed by atoms with Gasteiger partial charge >= 0.3 is 5.97 Å². The SMILES string of the molecule is CCN(CCC(=O)OC)c1ccc(N=Nc2nc3ccc([N+](=O)[O-])cc3s2)cc1. The number of nitro benzene ring substituents is 1. The zero-order valence-corrected chi connectivity index (χ0v) is 16.8. The lowest BCUT2D eigenvalue weighted by Gasteiger charge is -2.22. The Morgan fingerprint density at radius 2 is 2.00 bits per heavy atom. The number of non-ortho nitro benzene ring substituents is 1. The first kappa shape index (κ1) is 20.3. The Labute approximate surface area is 170 Å². The van der Waals surface area contributed by atoms with Gasteiger partial charge in [0.25, 0.3) is 5.69 Å².